The Kier molecular flexibility index (Phi) is 5.21. The fourth-order valence-corrected chi connectivity index (χ4v) is 1.95. The summed E-state index contributed by atoms with van der Waals surface area (Å²) in [5.41, 5.74) is -0.0844. The Morgan fingerprint density at radius 3 is 2.56 bits per heavy atom. The average Bonchev–Trinajstić information content (AvgIpc) is 2.49. The Bertz CT molecular complexity index is 799. The summed E-state index contributed by atoms with van der Waals surface area (Å²) < 4.78 is 10.9. The number of benzene rings is 1. The molecule has 8 heteroatoms. The van der Waals surface area contributed by atoms with Gasteiger partial charge in [0.15, 0.2) is 11.6 Å². The smallest absolute Gasteiger partial charge is 0.413 e. The summed E-state index contributed by atoms with van der Waals surface area (Å²) in [6, 6.07) is 7.53. The van der Waals surface area contributed by atoms with E-state index in [9.17, 15) is 14.9 Å². The van der Waals surface area contributed by atoms with Crippen molar-refractivity contribution in [2.24, 2.45) is 0 Å². The monoisotopic (exact) mass is 345 g/mol. The Morgan fingerprint density at radius 2 is 1.96 bits per heavy atom. The summed E-state index contributed by atoms with van der Waals surface area (Å²) in [4.78, 5) is 26.3. The van der Waals surface area contributed by atoms with Gasteiger partial charge < -0.3 is 9.47 Å². The Balaban J connectivity index is 2.21. The first kappa shape index (κ1) is 18.2. The average molecular weight is 345 g/mol. The van der Waals surface area contributed by atoms with Crippen LogP contribution < -0.4 is 10.1 Å². The zero-order valence-corrected chi connectivity index (χ0v) is 14.4. The van der Waals surface area contributed by atoms with Gasteiger partial charge in [-0.05, 0) is 51.5 Å². The molecule has 0 unspecified atom stereocenters. The van der Waals surface area contributed by atoms with Crippen molar-refractivity contribution in [1.29, 1.82) is 0 Å². The molecule has 25 heavy (non-hydrogen) atoms. The number of carbonyl (C=O) groups is 1. The molecule has 0 atom stereocenters. The number of hydrogen-bond donors (Lipinski definition) is 1. The highest BCUT2D eigenvalue weighted by molar-refractivity contribution is 5.85. The van der Waals surface area contributed by atoms with Crippen molar-refractivity contribution in [1.82, 2.24) is 4.98 Å². The van der Waals surface area contributed by atoms with Gasteiger partial charge in [-0.1, -0.05) is 0 Å². The summed E-state index contributed by atoms with van der Waals surface area (Å²) in [5, 5.41) is 13.3. The molecule has 0 aliphatic heterocycles. The van der Waals surface area contributed by atoms with E-state index in [0.29, 0.717) is 17.1 Å². The van der Waals surface area contributed by atoms with Gasteiger partial charge in [-0.2, -0.15) is 0 Å². The number of anilines is 1. The number of pyridine rings is 1. The molecular formula is C17H19N3O5. The number of hydrogen-bond acceptors (Lipinski definition) is 6. The fraction of sp³-hybridized carbons (Fsp3) is 0.294. The zero-order valence-electron chi connectivity index (χ0n) is 14.4. The van der Waals surface area contributed by atoms with Crippen LogP contribution in [0.5, 0.6) is 11.5 Å². The summed E-state index contributed by atoms with van der Waals surface area (Å²) in [5.74, 6) is 0.908. The van der Waals surface area contributed by atoms with Crippen molar-refractivity contribution in [3.05, 3.63) is 52.2 Å². The van der Waals surface area contributed by atoms with Crippen LogP contribution in [-0.2, 0) is 4.74 Å². The second-order valence-electron chi connectivity index (χ2n) is 6.29. The van der Waals surface area contributed by atoms with Gasteiger partial charge in [-0.25, -0.2) is 9.78 Å². The van der Waals surface area contributed by atoms with Gasteiger partial charge in [0.1, 0.15) is 11.4 Å². The first-order chi connectivity index (χ1) is 11.7. The number of carbonyl (C=O) groups excluding carboxylic acids is 1. The SMILES string of the molecule is Cc1cc([N+](=O)[O-])ccc1Oc1cccnc1NC(=O)OC(C)(C)C. The van der Waals surface area contributed by atoms with Gasteiger partial charge in [-0.3, -0.25) is 15.4 Å². The largest absolute Gasteiger partial charge is 0.453 e. The molecule has 0 bridgehead atoms. The number of aromatic nitrogens is 1. The van der Waals surface area contributed by atoms with Gasteiger partial charge in [-0.15, -0.1) is 0 Å². The maximum Gasteiger partial charge on any atom is 0.413 e. The number of nitro benzene ring substituents is 1. The Labute approximate surface area is 144 Å². The second kappa shape index (κ2) is 7.16. The molecule has 1 heterocycles. The van der Waals surface area contributed by atoms with Crippen molar-refractivity contribution in [3.63, 3.8) is 0 Å². The Hall–Kier alpha value is -3.16. The van der Waals surface area contributed by atoms with E-state index in [1.165, 1.54) is 24.4 Å². The minimum atomic E-state index is -0.656. The normalized spacial score (nSPS) is 10.9. The number of rotatable bonds is 4. The molecule has 2 aromatic rings. The molecule has 0 saturated heterocycles. The number of aryl methyl sites for hydroxylation is 1. The highest BCUT2D eigenvalue weighted by Crippen LogP contribution is 2.31. The van der Waals surface area contributed by atoms with Crippen LogP contribution in [0.4, 0.5) is 16.3 Å². The molecule has 0 aliphatic carbocycles. The number of non-ortho nitro benzene ring substituents is 1. The van der Waals surface area contributed by atoms with Crippen LogP contribution in [-0.4, -0.2) is 21.6 Å². The van der Waals surface area contributed by atoms with E-state index in [2.05, 4.69) is 10.3 Å². The number of ether oxygens (including phenoxy) is 2. The first-order valence-electron chi connectivity index (χ1n) is 7.53. The van der Waals surface area contributed by atoms with E-state index in [4.69, 9.17) is 9.47 Å². The lowest BCUT2D eigenvalue weighted by molar-refractivity contribution is -0.384. The second-order valence-corrected chi connectivity index (χ2v) is 6.29. The molecule has 0 aliphatic rings. The minimum absolute atomic E-state index is 0.0249. The molecule has 8 nitrogen and oxygen atoms in total. The van der Waals surface area contributed by atoms with E-state index >= 15 is 0 Å². The summed E-state index contributed by atoms with van der Waals surface area (Å²) >= 11 is 0. The maximum absolute atomic E-state index is 11.9. The highest BCUT2D eigenvalue weighted by Gasteiger charge is 2.18. The van der Waals surface area contributed by atoms with Crippen LogP contribution in [0.1, 0.15) is 26.3 Å². The molecule has 0 saturated carbocycles. The van der Waals surface area contributed by atoms with Crippen molar-refractivity contribution < 1.29 is 19.2 Å². The van der Waals surface area contributed by atoms with E-state index in [1.54, 1.807) is 39.8 Å². The van der Waals surface area contributed by atoms with Crippen molar-refractivity contribution in [2.45, 2.75) is 33.3 Å². The van der Waals surface area contributed by atoms with Crippen molar-refractivity contribution >= 4 is 17.6 Å². The molecule has 0 fully saturated rings. The lowest BCUT2D eigenvalue weighted by Crippen LogP contribution is -2.27. The topological polar surface area (TPSA) is 104 Å². The molecule has 132 valence electrons. The third-order valence-corrected chi connectivity index (χ3v) is 2.98. The lowest BCUT2D eigenvalue weighted by Gasteiger charge is -2.20. The molecular weight excluding hydrogens is 326 g/mol. The van der Waals surface area contributed by atoms with Crippen LogP contribution in [0, 0.1) is 17.0 Å². The molecule has 0 radical (unpaired) electrons. The predicted molar refractivity (Wildman–Crippen MR) is 92.0 cm³/mol. The maximum atomic E-state index is 11.9. The molecule has 2 rings (SSSR count). The number of amides is 1. The predicted octanol–water partition coefficient (Wildman–Crippen LogP) is 4.44. The van der Waals surface area contributed by atoms with Gasteiger partial charge in [0.2, 0.25) is 0 Å². The van der Waals surface area contributed by atoms with E-state index in [0.717, 1.165) is 0 Å². The van der Waals surface area contributed by atoms with Gasteiger partial charge in [0.25, 0.3) is 5.69 Å². The molecule has 0 spiro atoms. The first-order valence-corrected chi connectivity index (χ1v) is 7.53. The van der Waals surface area contributed by atoms with E-state index in [1.807, 2.05) is 0 Å². The van der Waals surface area contributed by atoms with Gasteiger partial charge >= 0.3 is 6.09 Å². The van der Waals surface area contributed by atoms with Crippen LogP contribution in [0.15, 0.2) is 36.5 Å². The van der Waals surface area contributed by atoms with Gasteiger partial charge in [0, 0.05) is 18.3 Å². The van der Waals surface area contributed by atoms with E-state index in [-0.39, 0.29) is 11.5 Å². The van der Waals surface area contributed by atoms with Crippen LogP contribution >= 0.6 is 0 Å². The van der Waals surface area contributed by atoms with Gasteiger partial charge in [0.05, 0.1) is 4.92 Å². The summed E-state index contributed by atoms with van der Waals surface area (Å²) in [6.45, 7) is 6.95. The van der Waals surface area contributed by atoms with Crippen LogP contribution in [0.25, 0.3) is 0 Å². The van der Waals surface area contributed by atoms with Crippen LogP contribution in [0.2, 0.25) is 0 Å². The molecule has 1 N–H and O–H groups in total. The summed E-state index contributed by atoms with van der Waals surface area (Å²) in [7, 11) is 0. The highest BCUT2D eigenvalue weighted by atomic mass is 16.6. The minimum Gasteiger partial charge on any atom is -0.453 e. The number of nitrogens with zero attached hydrogens (tertiary/aromatic N) is 2. The number of nitro groups is 1. The van der Waals surface area contributed by atoms with Crippen LogP contribution in [0.3, 0.4) is 0 Å². The standard InChI is InChI=1S/C17H19N3O5/c1-11-10-12(20(22)23)7-8-13(11)24-14-6-5-9-18-15(14)19-16(21)25-17(2,3)4/h5-10H,1-4H3,(H,18,19,21). The number of nitrogens with one attached hydrogen (secondary N) is 1. The Morgan fingerprint density at radius 1 is 1.24 bits per heavy atom. The third kappa shape index (κ3) is 5.17. The molecule has 1 aromatic carbocycles. The van der Waals surface area contributed by atoms with Crippen molar-refractivity contribution in [3.8, 4) is 11.5 Å². The summed E-state index contributed by atoms with van der Waals surface area (Å²) in [6.07, 6.45) is 0.846. The zero-order chi connectivity index (χ0) is 18.6. The molecule has 1 amide bonds. The lowest BCUT2D eigenvalue weighted by atomic mass is 10.2. The fourth-order valence-electron chi connectivity index (χ4n) is 1.95. The third-order valence-electron chi connectivity index (χ3n) is 2.98. The van der Waals surface area contributed by atoms with E-state index < -0.39 is 16.6 Å². The van der Waals surface area contributed by atoms with Crippen molar-refractivity contribution in [2.75, 3.05) is 5.32 Å². The quantitative estimate of drug-likeness (QED) is 0.649. The molecule has 1 aromatic heterocycles.